The molecule has 2 N–H and O–H groups in total. The van der Waals surface area contributed by atoms with Gasteiger partial charge in [0.15, 0.2) is 0 Å². The molecule has 1 aromatic carbocycles. The Labute approximate surface area is 118 Å². The molecule has 4 nitrogen and oxygen atoms in total. The minimum Gasteiger partial charge on any atom is -0.328 e. The number of rotatable bonds is 3. The van der Waals surface area contributed by atoms with Gasteiger partial charge in [0.25, 0.3) is 0 Å². The number of benzene rings is 1. The van der Waals surface area contributed by atoms with Gasteiger partial charge in [-0.15, -0.1) is 0 Å². The molecule has 0 radical (unpaired) electrons. The van der Waals surface area contributed by atoms with Crippen molar-refractivity contribution >= 4 is 0 Å². The Morgan fingerprint density at radius 2 is 1.85 bits per heavy atom. The van der Waals surface area contributed by atoms with Crippen LogP contribution in [0.4, 0.5) is 4.39 Å². The Bertz CT molecular complexity index is 556. The molecule has 0 bridgehead atoms. The highest BCUT2D eigenvalue weighted by Gasteiger charge is 2.17. The Hall–Kier alpha value is -1.72. The van der Waals surface area contributed by atoms with Crippen molar-refractivity contribution in [2.45, 2.75) is 25.4 Å². The van der Waals surface area contributed by atoms with Crippen molar-refractivity contribution in [1.82, 2.24) is 14.7 Å². The molecule has 0 atom stereocenters. The highest BCUT2D eigenvalue weighted by molar-refractivity contribution is 5.32. The Morgan fingerprint density at radius 3 is 2.55 bits per heavy atom. The Morgan fingerprint density at radius 1 is 1.15 bits per heavy atom. The highest BCUT2D eigenvalue weighted by atomic mass is 19.1. The van der Waals surface area contributed by atoms with Crippen molar-refractivity contribution in [2.24, 2.45) is 5.73 Å². The van der Waals surface area contributed by atoms with Crippen LogP contribution in [0.25, 0.3) is 5.69 Å². The summed E-state index contributed by atoms with van der Waals surface area (Å²) in [5.41, 5.74) is 7.93. The number of likely N-dealkylation sites (tertiary alicyclic amines) is 1. The van der Waals surface area contributed by atoms with E-state index in [-0.39, 0.29) is 5.82 Å². The fourth-order valence-corrected chi connectivity index (χ4v) is 2.61. The van der Waals surface area contributed by atoms with Gasteiger partial charge in [-0.25, -0.2) is 9.07 Å². The first kappa shape index (κ1) is 13.3. The first-order valence-corrected chi connectivity index (χ1v) is 6.99. The van der Waals surface area contributed by atoms with Crippen LogP contribution in [-0.4, -0.2) is 33.8 Å². The minimum absolute atomic E-state index is 0.229. The second-order valence-corrected chi connectivity index (χ2v) is 5.32. The molecule has 0 spiro atoms. The third-order valence-electron chi connectivity index (χ3n) is 3.81. The first-order valence-electron chi connectivity index (χ1n) is 6.99. The molecule has 1 saturated heterocycles. The second-order valence-electron chi connectivity index (χ2n) is 5.32. The smallest absolute Gasteiger partial charge is 0.123 e. The molecular formula is C15H19FN4. The number of halogens is 1. The molecule has 1 aliphatic heterocycles. The summed E-state index contributed by atoms with van der Waals surface area (Å²) in [6, 6.07) is 8.77. The van der Waals surface area contributed by atoms with Crippen LogP contribution in [0.2, 0.25) is 0 Å². The van der Waals surface area contributed by atoms with E-state index in [1.807, 2.05) is 10.7 Å². The number of aromatic nitrogens is 2. The number of hydrogen-bond donors (Lipinski definition) is 1. The van der Waals surface area contributed by atoms with Gasteiger partial charge in [0.2, 0.25) is 0 Å². The van der Waals surface area contributed by atoms with Crippen LogP contribution in [0.3, 0.4) is 0 Å². The van der Waals surface area contributed by atoms with Crippen LogP contribution in [0.1, 0.15) is 18.5 Å². The van der Waals surface area contributed by atoms with E-state index in [4.69, 9.17) is 5.73 Å². The maximum absolute atomic E-state index is 13.0. The minimum atomic E-state index is -0.229. The lowest BCUT2D eigenvalue weighted by atomic mass is 10.1. The summed E-state index contributed by atoms with van der Waals surface area (Å²) in [5.74, 6) is -0.229. The molecule has 5 heteroatoms. The van der Waals surface area contributed by atoms with E-state index in [0.29, 0.717) is 6.04 Å². The van der Waals surface area contributed by atoms with Crippen molar-refractivity contribution in [2.75, 3.05) is 13.1 Å². The van der Waals surface area contributed by atoms with Crippen LogP contribution < -0.4 is 5.73 Å². The van der Waals surface area contributed by atoms with Gasteiger partial charge in [0.05, 0.1) is 11.4 Å². The summed E-state index contributed by atoms with van der Waals surface area (Å²) in [5, 5.41) is 4.34. The second kappa shape index (κ2) is 5.73. The number of hydrogen-bond acceptors (Lipinski definition) is 3. The molecular weight excluding hydrogens is 255 g/mol. The first-order chi connectivity index (χ1) is 9.72. The lowest BCUT2D eigenvalue weighted by molar-refractivity contribution is 0.202. The van der Waals surface area contributed by atoms with Gasteiger partial charge in [-0.3, -0.25) is 4.90 Å². The number of nitrogens with two attached hydrogens (primary N) is 1. The van der Waals surface area contributed by atoms with Crippen LogP contribution in [0, 0.1) is 5.82 Å². The van der Waals surface area contributed by atoms with E-state index in [0.717, 1.165) is 43.9 Å². The topological polar surface area (TPSA) is 47.1 Å². The molecule has 3 rings (SSSR count). The van der Waals surface area contributed by atoms with Crippen molar-refractivity contribution < 1.29 is 4.39 Å². The van der Waals surface area contributed by atoms with Gasteiger partial charge in [-0.1, -0.05) is 0 Å². The number of nitrogens with zero attached hydrogens (tertiary/aromatic N) is 3. The van der Waals surface area contributed by atoms with E-state index in [2.05, 4.69) is 10.00 Å². The molecule has 1 fully saturated rings. The lowest BCUT2D eigenvalue weighted by Gasteiger charge is -2.30. The summed E-state index contributed by atoms with van der Waals surface area (Å²) in [6.07, 6.45) is 3.88. The predicted molar refractivity (Wildman–Crippen MR) is 76.0 cm³/mol. The molecule has 0 unspecified atom stereocenters. The third-order valence-corrected chi connectivity index (χ3v) is 3.81. The molecule has 2 aromatic rings. The van der Waals surface area contributed by atoms with Crippen molar-refractivity contribution in [3.8, 4) is 5.69 Å². The molecule has 106 valence electrons. The van der Waals surface area contributed by atoms with Gasteiger partial charge < -0.3 is 5.73 Å². The molecule has 20 heavy (non-hydrogen) atoms. The maximum Gasteiger partial charge on any atom is 0.123 e. The molecule has 1 aromatic heterocycles. The van der Waals surface area contributed by atoms with Gasteiger partial charge in [-0.05, 0) is 43.2 Å². The molecule has 0 saturated carbocycles. The monoisotopic (exact) mass is 274 g/mol. The van der Waals surface area contributed by atoms with Crippen molar-refractivity contribution in [3.63, 3.8) is 0 Å². The molecule has 0 aliphatic carbocycles. The van der Waals surface area contributed by atoms with Gasteiger partial charge >= 0.3 is 0 Å². The number of piperidine rings is 1. The van der Waals surface area contributed by atoms with Crippen LogP contribution in [0.5, 0.6) is 0 Å². The fraction of sp³-hybridized carbons (Fsp3) is 0.400. The summed E-state index contributed by atoms with van der Waals surface area (Å²) in [7, 11) is 0. The average Bonchev–Trinajstić information content (AvgIpc) is 2.90. The summed E-state index contributed by atoms with van der Waals surface area (Å²) in [4.78, 5) is 2.39. The Kier molecular flexibility index (Phi) is 3.80. The zero-order chi connectivity index (χ0) is 13.9. The van der Waals surface area contributed by atoms with Crippen LogP contribution in [0.15, 0.2) is 36.5 Å². The quantitative estimate of drug-likeness (QED) is 0.930. The van der Waals surface area contributed by atoms with Gasteiger partial charge in [-0.2, -0.15) is 5.10 Å². The highest BCUT2D eigenvalue weighted by Crippen LogP contribution is 2.16. The van der Waals surface area contributed by atoms with E-state index < -0.39 is 0 Å². The Balaban J connectivity index is 1.75. The van der Waals surface area contributed by atoms with E-state index in [9.17, 15) is 4.39 Å². The van der Waals surface area contributed by atoms with Crippen molar-refractivity contribution in [3.05, 3.63) is 48.0 Å². The summed E-state index contributed by atoms with van der Waals surface area (Å²) >= 11 is 0. The lowest BCUT2D eigenvalue weighted by Crippen LogP contribution is -2.39. The van der Waals surface area contributed by atoms with Gasteiger partial charge in [0.1, 0.15) is 5.82 Å². The summed E-state index contributed by atoms with van der Waals surface area (Å²) < 4.78 is 14.9. The summed E-state index contributed by atoms with van der Waals surface area (Å²) in [6.45, 7) is 2.90. The van der Waals surface area contributed by atoms with Gasteiger partial charge in [0, 0.05) is 31.9 Å². The predicted octanol–water partition coefficient (Wildman–Crippen LogP) is 1.93. The zero-order valence-corrected chi connectivity index (χ0v) is 11.4. The molecule has 1 aliphatic rings. The standard InChI is InChI=1S/C15H19FN4/c16-12-1-3-14(4-2-12)20-15(5-8-18-20)11-19-9-6-13(17)7-10-19/h1-5,8,13H,6-7,9-11,17H2. The SMILES string of the molecule is NC1CCN(Cc2ccnn2-c2ccc(F)cc2)CC1. The largest absolute Gasteiger partial charge is 0.328 e. The van der Waals surface area contributed by atoms with E-state index in [1.54, 1.807) is 18.3 Å². The molecule has 0 amide bonds. The van der Waals surface area contributed by atoms with Crippen molar-refractivity contribution in [1.29, 1.82) is 0 Å². The maximum atomic E-state index is 13.0. The van der Waals surface area contributed by atoms with Crippen LogP contribution >= 0.6 is 0 Å². The third kappa shape index (κ3) is 2.89. The zero-order valence-electron chi connectivity index (χ0n) is 11.4. The van der Waals surface area contributed by atoms with E-state index >= 15 is 0 Å². The normalized spacial score (nSPS) is 17.5. The fourth-order valence-electron chi connectivity index (χ4n) is 2.61. The van der Waals surface area contributed by atoms with Crippen LogP contribution in [-0.2, 0) is 6.54 Å². The average molecular weight is 274 g/mol. The molecule has 2 heterocycles. The van der Waals surface area contributed by atoms with E-state index in [1.165, 1.54) is 12.1 Å².